The van der Waals surface area contributed by atoms with Crippen molar-refractivity contribution in [1.29, 1.82) is 0 Å². The zero-order valence-electron chi connectivity index (χ0n) is 12.3. The van der Waals surface area contributed by atoms with E-state index in [1.807, 2.05) is 0 Å². The van der Waals surface area contributed by atoms with Gasteiger partial charge in [0, 0.05) is 0 Å². The van der Waals surface area contributed by atoms with Crippen molar-refractivity contribution in [2.45, 2.75) is 44.9 Å². The molecule has 1 atom stereocenters. The lowest BCUT2D eigenvalue weighted by molar-refractivity contribution is 0.387. The quantitative estimate of drug-likeness (QED) is 0.654. The van der Waals surface area contributed by atoms with Crippen molar-refractivity contribution in [1.82, 2.24) is 0 Å². The summed E-state index contributed by atoms with van der Waals surface area (Å²) in [6, 6.07) is 21.8. The molecule has 1 unspecified atom stereocenters. The Hall–Kier alpha value is -1.56. The minimum absolute atomic E-state index is 0.165. The van der Waals surface area contributed by atoms with Gasteiger partial charge in [-0.05, 0) is 28.9 Å². The van der Waals surface area contributed by atoms with Gasteiger partial charge >= 0.3 is 0 Å². The van der Waals surface area contributed by atoms with Gasteiger partial charge in [-0.1, -0.05) is 87.9 Å². The molecule has 0 saturated carbocycles. The summed E-state index contributed by atoms with van der Waals surface area (Å²) in [4.78, 5) is 0. The molecule has 0 bridgehead atoms. The van der Waals surface area contributed by atoms with E-state index in [1.165, 1.54) is 24.0 Å². The summed E-state index contributed by atoms with van der Waals surface area (Å²) in [5.74, 6) is 0.570. The molecular weight excluding hydrogens is 228 g/mol. The maximum Gasteiger partial charge on any atom is -0.00349 e. The summed E-state index contributed by atoms with van der Waals surface area (Å²) in [5, 5.41) is 0. The molecule has 0 aliphatic carbocycles. The Morgan fingerprint density at radius 3 is 1.89 bits per heavy atom. The molecule has 2 aromatic rings. The first-order chi connectivity index (χ1) is 9.16. The van der Waals surface area contributed by atoms with Crippen LogP contribution >= 0.6 is 0 Å². The van der Waals surface area contributed by atoms with Crippen molar-refractivity contribution in [3.8, 4) is 0 Å². The van der Waals surface area contributed by atoms with Crippen molar-refractivity contribution in [3.05, 3.63) is 71.8 Å². The van der Waals surface area contributed by atoms with Gasteiger partial charge in [0.15, 0.2) is 0 Å². The standard InChI is InChI=1S/C19H24/c1-4-11-18(16-12-7-5-8-13-16)19(2,3)17-14-9-6-10-15-17/h5-10,12-15,18H,4,11H2,1-3H3. The average Bonchev–Trinajstić information content (AvgIpc) is 2.46. The van der Waals surface area contributed by atoms with Crippen LogP contribution < -0.4 is 0 Å². The molecule has 2 rings (SSSR count). The summed E-state index contributed by atoms with van der Waals surface area (Å²) < 4.78 is 0. The van der Waals surface area contributed by atoms with E-state index in [1.54, 1.807) is 0 Å². The summed E-state index contributed by atoms with van der Waals surface area (Å²) in [5.41, 5.74) is 3.05. The molecule has 0 amide bonds. The lowest BCUT2D eigenvalue weighted by Crippen LogP contribution is -2.27. The Bertz CT molecular complexity index is 482. The van der Waals surface area contributed by atoms with Crippen LogP contribution in [0.4, 0.5) is 0 Å². The van der Waals surface area contributed by atoms with Gasteiger partial charge in [0.2, 0.25) is 0 Å². The maximum atomic E-state index is 2.37. The summed E-state index contributed by atoms with van der Waals surface area (Å²) >= 11 is 0. The molecule has 0 saturated heterocycles. The van der Waals surface area contributed by atoms with Gasteiger partial charge in [-0.15, -0.1) is 0 Å². The van der Waals surface area contributed by atoms with E-state index in [4.69, 9.17) is 0 Å². The molecule has 2 aromatic carbocycles. The Morgan fingerprint density at radius 1 is 0.842 bits per heavy atom. The zero-order valence-corrected chi connectivity index (χ0v) is 12.3. The zero-order chi connectivity index (χ0) is 13.7. The number of hydrogen-bond donors (Lipinski definition) is 0. The molecule has 0 fully saturated rings. The van der Waals surface area contributed by atoms with Crippen LogP contribution in [0.15, 0.2) is 60.7 Å². The Labute approximate surface area is 117 Å². The molecule has 0 spiro atoms. The van der Waals surface area contributed by atoms with Gasteiger partial charge in [-0.3, -0.25) is 0 Å². The first-order valence-corrected chi connectivity index (χ1v) is 7.26. The summed E-state index contributed by atoms with van der Waals surface area (Å²) in [6.07, 6.45) is 2.45. The molecule has 0 heteroatoms. The number of rotatable bonds is 5. The maximum absolute atomic E-state index is 2.37. The van der Waals surface area contributed by atoms with Gasteiger partial charge in [0.05, 0.1) is 0 Å². The van der Waals surface area contributed by atoms with Crippen LogP contribution in [0.3, 0.4) is 0 Å². The number of hydrogen-bond acceptors (Lipinski definition) is 0. The first kappa shape index (κ1) is 13.9. The van der Waals surface area contributed by atoms with Crippen LogP contribution in [-0.4, -0.2) is 0 Å². The third-order valence-electron chi connectivity index (χ3n) is 4.17. The monoisotopic (exact) mass is 252 g/mol. The molecule has 0 aromatic heterocycles. The number of benzene rings is 2. The molecule has 19 heavy (non-hydrogen) atoms. The van der Waals surface area contributed by atoms with Crippen molar-refractivity contribution < 1.29 is 0 Å². The molecule has 0 radical (unpaired) electrons. The van der Waals surface area contributed by atoms with Crippen LogP contribution in [0.5, 0.6) is 0 Å². The van der Waals surface area contributed by atoms with Crippen LogP contribution in [0, 0.1) is 0 Å². The lowest BCUT2D eigenvalue weighted by Gasteiger charge is -2.35. The fourth-order valence-corrected chi connectivity index (χ4v) is 2.99. The molecule has 0 N–H and O–H groups in total. The fraction of sp³-hybridized carbons (Fsp3) is 0.368. The van der Waals surface area contributed by atoms with Crippen molar-refractivity contribution in [2.24, 2.45) is 0 Å². The van der Waals surface area contributed by atoms with Crippen LogP contribution in [0.2, 0.25) is 0 Å². The third-order valence-corrected chi connectivity index (χ3v) is 4.17. The molecular formula is C19H24. The summed E-state index contributed by atoms with van der Waals surface area (Å²) in [6.45, 7) is 7.02. The SMILES string of the molecule is CCCC(c1ccccc1)C(C)(C)c1ccccc1. The van der Waals surface area contributed by atoms with Crippen LogP contribution in [0.25, 0.3) is 0 Å². The normalized spacial score (nSPS) is 13.2. The Balaban J connectivity index is 2.39. The highest BCUT2D eigenvalue weighted by Crippen LogP contribution is 2.41. The topological polar surface area (TPSA) is 0 Å². The molecule has 100 valence electrons. The third kappa shape index (κ3) is 3.07. The highest BCUT2D eigenvalue weighted by molar-refractivity contribution is 5.32. The van der Waals surface area contributed by atoms with E-state index in [2.05, 4.69) is 81.4 Å². The van der Waals surface area contributed by atoms with Gasteiger partial charge in [-0.2, -0.15) is 0 Å². The van der Waals surface area contributed by atoms with Crippen molar-refractivity contribution in [2.75, 3.05) is 0 Å². The smallest absolute Gasteiger partial charge is 0.00349 e. The fourth-order valence-electron chi connectivity index (χ4n) is 2.99. The Kier molecular flexibility index (Phi) is 4.42. The molecule has 0 nitrogen and oxygen atoms in total. The average molecular weight is 252 g/mol. The largest absolute Gasteiger partial charge is 0.0654 e. The van der Waals surface area contributed by atoms with E-state index >= 15 is 0 Å². The van der Waals surface area contributed by atoms with E-state index in [-0.39, 0.29) is 5.41 Å². The highest BCUT2D eigenvalue weighted by atomic mass is 14.3. The first-order valence-electron chi connectivity index (χ1n) is 7.26. The van der Waals surface area contributed by atoms with E-state index in [0.29, 0.717) is 5.92 Å². The van der Waals surface area contributed by atoms with Gasteiger partial charge < -0.3 is 0 Å². The second kappa shape index (κ2) is 6.06. The van der Waals surface area contributed by atoms with Crippen molar-refractivity contribution >= 4 is 0 Å². The lowest BCUT2D eigenvalue weighted by atomic mass is 9.68. The predicted octanol–water partition coefficient (Wildman–Crippen LogP) is 5.55. The highest BCUT2D eigenvalue weighted by Gasteiger charge is 2.31. The Morgan fingerprint density at radius 2 is 1.37 bits per heavy atom. The van der Waals surface area contributed by atoms with Crippen LogP contribution in [0.1, 0.15) is 50.7 Å². The van der Waals surface area contributed by atoms with Gasteiger partial charge in [0.1, 0.15) is 0 Å². The second-order valence-corrected chi connectivity index (χ2v) is 5.84. The summed E-state index contributed by atoms with van der Waals surface area (Å²) in [7, 11) is 0. The van der Waals surface area contributed by atoms with E-state index in [9.17, 15) is 0 Å². The van der Waals surface area contributed by atoms with E-state index < -0.39 is 0 Å². The van der Waals surface area contributed by atoms with Crippen LogP contribution in [-0.2, 0) is 5.41 Å². The molecule has 0 aliphatic heterocycles. The van der Waals surface area contributed by atoms with Gasteiger partial charge in [-0.25, -0.2) is 0 Å². The second-order valence-electron chi connectivity index (χ2n) is 5.84. The minimum atomic E-state index is 0.165. The van der Waals surface area contributed by atoms with Crippen molar-refractivity contribution in [3.63, 3.8) is 0 Å². The minimum Gasteiger partial charge on any atom is -0.0654 e. The predicted molar refractivity (Wildman–Crippen MR) is 83.6 cm³/mol. The van der Waals surface area contributed by atoms with E-state index in [0.717, 1.165) is 0 Å². The van der Waals surface area contributed by atoms with Gasteiger partial charge in [0.25, 0.3) is 0 Å². The molecule has 0 aliphatic rings. The molecule has 0 heterocycles.